The van der Waals surface area contributed by atoms with E-state index in [1.807, 2.05) is 70.5 Å². The van der Waals surface area contributed by atoms with Crippen LogP contribution in [0.2, 0.25) is 0 Å². The highest BCUT2D eigenvalue weighted by molar-refractivity contribution is 7.91. The normalized spacial score (nSPS) is 16.8. The van der Waals surface area contributed by atoms with Gasteiger partial charge in [-0.3, -0.25) is 19.4 Å². The Morgan fingerprint density at radius 2 is 0.939 bits per heavy atom. The van der Waals surface area contributed by atoms with Crippen molar-refractivity contribution in [1.82, 2.24) is 9.80 Å². The molecule has 0 spiro atoms. The number of rotatable bonds is 16. The summed E-state index contributed by atoms with van der Waals surface area (Å²) >= 11 is 0. The fourth-order valence-electron chi connectivity index (χ4n) is 6.30. The molecule has 0 bridgehead atoms. The van der Waals surface area contributed by atoms with Crippen LogP contribution in [0.4, 0.5) is 0 Å². The van der Waals surface area contributed by atoms with Gasteiger partial charge in [-0.1, -0.05) is 60.7 Å². The monoisotopic (exact) mass is 686 g/mol. The lowest BCUT2D eigenvalue weighted by molar-refractivity contribution is 0.0686. The quantitative estimate of drug-likeness (QED) is 0.150. The summed E-state index contributed by atoms with van der Waals surface area (Å²) in [5, 5.41) is 0. The second-order valence-corrected chi connectivity index (χ2v) is 14.1. The number of carbonyl (C=O) groups is 2. The minimum atomic E-state index is -3.54. The van der Waals surface area contributed by atoms with Gasteiger partial charge in [-0.2, -0.15) is 0 Å². The van der Waals surface area contributed by atoms with Crippen molar-refractivity contribution in [3.8, 4) is 23.0 Å². The number of sulfone groups is 1. The van der Waals surface area contributed by atoms with Gasteiger partial charge in [0.2, 0.25) is 0 Å². The lowest BCUT2D eigenvalue weighted by Gasteiger charge is -2.37. The Labute approximate surface area is 288 Å². The summed E-state index contributed by atoms with van der Waals surface area (Å²) in [7, 11) is 2.53. The summed E-state index contributed by atoms with van der Waals surface area (Å²) in [6.07, 6.45) is 0. The number of methoxy groups -OCH3 is 4. The van der Waals surface area contributed by atoms with Crippen LogP contribution >= 0.6 is 0 Å². The number of hydrogen-bond donors (Lipinski definition) is 0. The zero-order valence-corrected chi connectivity index (χ0v) is 29.0. The molecule has 4 aromatic carbocycles. The topological polar surface area (TPSA) is 112 Å². The van der Waals surface area contributed by atoms with Gasteiger partial charge in [0.1, 0.15) is 0 Å². The summed E-state index contributed by atoms with van der Waals surface area (Å²) in [6, 6.07) is 28.1. The summed E-state index contributed by atoms with van der Waals surface area (Å²) < 4.78 is 48.6. The Balaban J connectivity index is 1.52. The highest BCUT2D eigenvalue weighted by Crippen LogP contribution is 2.31. The van der Waals surface area contributed by atoms with Gasteiger partial charge in [-0.15, -0.1) is 0 Å². The summed E-state index contributed by atoms with van der Waals surface area (Å²) in [4.78, 5) is 31.7. The van der Waals surface area contributed by atoms with E-state index in [-0.39, 0.29) is 36.2 Å². The Kier molecular flexibility index (Phi) is 11.7. The number of benzene rings is 4. The molecule has 0 radical (unpaired) electrons. The molecule has 1 heterocycles. The Morgan fingerprint density at radius 1 is 0.571 bits per heavy atom. The van der Waals surface area contributed by atoms with E-state index in [1.165, 1.54) is 28.4 Å². The second-order valence-electron chi connectivity index (χ2n) is 12.0. The van der Waals surface area contributed by atoms with Crippen LogP contribution in [-0.4, -0.2) is 94.9 Å². The van der Waals surface area contributed by atoms with Gasteiger partial charge in [-0.05, 0) is 47.5 Å². The molecule has 0 aromatic heterocycles. The summed E-state index contributed by atoms with van der Waals surface area (Å²) in [5.41, 5.74) is 2.69. The van der Waals surface area contributed by atoms with Gasteiger partial charge in [-0.25, -0.2) is 8.42 Å². The first-order valence-corrected chi connectivity index (χ1v) is 17.7. The van der Waals surface area contributed by atoms with Crippen molar-refractivity contribution in [2.24, 2.45) is 0 Å². The van der Waals surface area contributed by atoms with Crippen LogP contribution < -0.4 is 18.9 Å². The zero-order chi connectivity index (χ0) is 35.0. The maximum Gasteiger partial charge on any atom is 0.176 e. The molecule has 4 aromatic rings. The molecule has 1 aliphatic heterocycles. The van der Waals surface area contributed by atoms with Crippen LogP contribution in [0.1, 0.15) is 31.8 Å². The van der Waals surface area contributed by atoms with Gasteiger partial charge < -0.3 is 18.9 Å². The molecule has 0 aliphatic carbocycles. The van der Waals surface area contributed by atoms with E-state index < -0.39 is 21.9 Å². The minimum absolute atomic E-state index is 0.0517. The van der Waals surface area contributed by atoms with Gasteiger partial charge in [0.05, 0.1) is 53.0 Å². The van der Waals surface area contributed by atoms with Gasteiger partial charge >= 0.3 is 0 Å². The van der Waals surface area contributed by atoms with Crippen LogP contribution in [0.25, 0.3) is 0 Å². The van der Waals surface area contributed by atoms with Crippen molar-refractivity contribution in [1.29, 1.82) is 0 Å². The highest BCUT2D eigenvalue weighted by Gasteiger charge is 2.45. The maximum atomic E-state index is 13.9. The molecule has 1 aliphatic rings. The molecular weight excluding hydrogens is 644 g/mol. The van der Waals surface area contributed by atoms with Crippen molar-refractivity contribution in [3.05, 3.63) is 119 Å². The number of hydrogen-bond acceptors (Lipinski definition) is 10. The summed E-state index contributed by atoms with van der Waals surface area (Å²) in [5.74, 6) is 1.14. The Hall–Kier alpha value is -4.71. The van der Waals surface area contributed by atoms with Crippen molar-refractivity contribution in [2.75, 3.05) is 53.0 Å². The third kappa shape index (κ3) is 8.86. The van der Waals surface area contributed by atoms with E-state index in [1.54, 1.807) is 36.4 Å². The lowest BCUT2D eigenvalue weighted by atomic mass is 10.0. The molecule has 0 unspecified atom stereocenters. The largest absolute Gasteiger partial charge is 0.493 e. The fourth-order valence-corrected chi connectivity index (χ4v) is 8.34. The minimum Gasteiger partial charge on any atom is -0.493 e. The predicted octanol–water partition coefficient (Wildman–Crippen LogP) is 4.96. The molecule has 11 heteroatoms. The third-order valence-electron chi connectivity index (χ3n) is 8.79. The smallest absolute Gasteiger partial charge is 0.176 e. The molecule has 49 heavy (non-hydrogen) atoms. The molecule has 1 fully saturated rings. The van der Waals surface area contributed by atoms with Gasteiger partial charge in [0.25, 0.3) is 0 Å². The standard InChI is InChI=1S/C38H42N2O8S/c1-45-35-17-15-29(19-37(35)47-3)33(41)23-39(21-27-11-7-5-8-12-27)31-25-49(43,44)26-32(31)40(22-28-13-9-6-10-14-28)24-34(42)30-16-18-36(46-2)38(20-30)48-4/h5-20,31-32H,21-26H2,1-4H3/t31-,32-/m0/s1. The second kappa shape index (κ2) is 16.1. The molecule has 0 amide bonds. The van der Waals surface area contributed by atoms with E-state index in [2.05, 4.69) is 0 Å². The SMILES string of the molecule is COc1ccc(C(=O)CN(Cc2ccccc2)[C@H]2CS(=O)(=O)C[C@@H]2N(CC(=O)c2ccc(OC)c(OC)c2)Cc2ccccc2)cc1OC. The maximum absolute atomic E-state index is 13.9. The van der Waals surface area contributed by atoms with E-state index in [0.29, 0.717) is 47.2 Å². The van der Waals surface area contributed by atoms with Gasteiger partial charge in [0.15, 0.2) is 44.4 Å². The van der Waals surface area contributed by atoms with Crippen molar-refractivity contribution < 1.29 is 37.0 Å². The first-order valence-electron chi connectivity index (χ1n) is 15.9. The first kappa shape index (κ1) is 35.6. The number of ketones is 2. The zero-order valence-electron chi connectivity index (χ0n) is 28.2. The van der Waals surface area contributed by atoms with Crippen molar-refractivity contribution >= 4 is 21.4 Å². The van der Waals surface area contributed by atoms with Crippen molar-refractivity contribution in [2.45, 2.75) is 25.2 Å². The van der Waals surface area contributed by atoms with Crippen LogP contribution in [-0.2, 0) is 22.9 Å². The molecular formula is C38H42N2O8S. The Bertz CT molecular complexity index is 1720. The van der Waals surface area contributed by atoms with Crippen LogP contribution in [0, 0.1) is 0 Å². The average Bonchev–Trinajstić information content (AvgIpc) is 3.46. The lowest BCUT2D eigenvalue weighted by Crippen LogP contribution is -2.53. The van der Waals surface area contributed by atoms with Crippen LogP contribution in [0.5, 0.6) is 23.0 Å². The molecule has 258 valence electrons. The molecule has 5 rings (SSSR count). The number of Topliss-reactive ketones (excluding diaryl/α,β-unsaturated/α-hetero) is 2. The first-order chi connectivity index (χ1) is 23.6. The van der Waals surface area contributed by atoms with E-state index in [9.17, 15) is 18.0 Å². The summed E-state index contributed by atoms with van der Waals surface area (Å²) in [6.45, 7) is 0.562. The average molecular weight is 687 g/mol. The van der Waals surface area contributed by atoms with E-state index in [4.69, 9.17) is 18.9 Å². The van der Waals surface area contributed by atoms with E-state index in [0.717, 1.165) is 11.1 Å². The van der Waals surface area contributed by atoms with Crippen LogP contribution in [0.3, 0.4) is 0 Å². The van der Waals surface area contributed by atoms with Gasteiger partial charge in [0, 0.05) is 36.3 Å². The Morgan fingerprint density at radius 3 is 1.29 bits per heavy atom. The van der Waals surface area contributed by atoms with Crippen LogP contribution in [0.15, 0.2) is 97.1 Å². The highest BCUT2D eigenvalue weighted by atomic mass is 32.2. The number of carbonyl (C=O) groups excluding carboxylic acids is 2. The molecule has 1 saturated heterocycles. The molecule has 10 nitrogen and oxygen atoms in total. The molecule has 2 atom stereocenters. The number of nitrogens with zero attached hydrogens (tertiary/aromatic N) is 2. The third-order valence-corrected chi connectivity index (χ3v) is 10.5. The molecule has 0 saturated carbocycles. The predicted molar refractivity (Wildman–Crippen MR) is 188 cm³/mol. The van der Waals surface area contributed by atoms with Crippen molar-refractivity contribution in [3.63, 3.8) is 0 Å². The number of ether oxygens (including phenoxy) is 4. The van der Waals surface area contributed by atoms with E-state index >= 15 is 0 Å². The molecule has 0 N–H and O–H groups in total. The fraction of sp³-hybridized carbons (Fsp3) is 0.316.